The Kier molecular flexibility index (Phi) is 14.9. The smallest absolute Gasteiger partial charge is 0.407 e. The van der Waals surface area contributed by atoms with Crippen LogP contribution in [-0.4, -0.2) is 84.0 Å². The van der Waals surface area contributed by atoms with Crippen molar-refractivity contribution < 1.29 is 42.6 Å². The molecule has 0 bridgehead atoms. The van der Waals surface area contributed by atoms with Crippen molar-refractivity contribution >= 4 is 41.4 Å². The highest BCUT2D eigenvalue weighted by atomic mass is 35.5. The van der Waals surface area contributed by atoms with Crippen molar-refractivity contribution in [3.8, 4) is 0 Å². The molecule has 0 aromatic heterocycles. The number of carboxylic acids is 1. The van der Waals surface area contributed by atoms with Crippen LogP contribution in [0.25, 0.3) is 0 Å². The number of halogens is 3. The third-order valence-corrected chi connectivity index (χ3v) is 9.38. The Balaban J connectivity index is 1.75. The molecule has 1 aliphatic heterocycles. The van der Waals surface area contributed by atoms with Gasteiger partial charge in [-0.2, -0.15) is 0 Å². The van der Waals surface area contributed by atoms with E-state index in [1.165, 1.54) is 23.1 Å². The molecule has 4 atom stereocenters. The first-order valence-corrected chi connectivity index (χ1v) is 17.2. The van der Waals surface area contributed by atoms with Gasteiger partial charge in [0.05, 0.1) is 12.2 Å². The number of amides is 4. The number of carbonyl (C=O) groups is 5. The van der Waals surface area contributed by atoms with Crippen LogP contribution in [0.1, 0.15) is 88.6 Å². The van der Waals surface area contributed by atoms with Crippen LogP contribution in [0.4, 0.5) is 13.6 Å². The molecule has 14 heteroatoms. The summed E-state index contributed by atoms with van der Waals surface area (Å²) in [5, 5.41) is 17.0. The molecule has 2 fully saturated rings. The summed E-state index contributed by atoms with van der Waals surface area (Å²) in [6.07, 6.45) is 1.09. The topological polar surface area (TPSA) is 154 Å². The Labute approximate surface area is 285 Å². The Morgan fingerprint density at radius 2 is 1.71 bits per heavy atom. The Morgan fingerprint density at radius 3 is 2.29 bits per heavy atom. The number of benzene rings is 1. The fourth-order valence-corrected chi connectivity index (χ4v) is 6.69. The first kappa shape index (κ1) is 39.0. The van der Waals surface area contributed by atoms with Crippen LogP contribution in [0, 0.1) is 23.7 Å². The van der Waals surface area contributed by atoms with Crippen LogP contribution in [0.5, 0.6) is 0 Å². The van der Waals surface area contributed by atoms with Crippen molar-refractivity contribution in [2.45, 2.75) is 104 Å². The van der Waals surface area contributed by atoms with E-state index in [0.717, 1.165) is 32.1 Å². The minimum absolute atomic E-state index is 0.000727. The Hall–Kier alpha value is -3.48. The number of nitrogens with one attached hydrogen (secondary N) is 3. The largest absolute Gasteiger partial charge is 0.478 e. The normalized spacial score (nSPS) is 19.7. The lowest BCUT2D eigenvalue weighted by Crippen LogP contribution is -2.57. The zero-order chi connectivity index (χ0) is 35.5. The lowest BCUT2D eigenvalue weighted by molar-refractivity contribution is -0.141. The summed E-state index contributed by atoms with van der Waals surface area (Å²) in [6, 6.07) is 0.588. The van der Waals surface area contributed by atoms with Gasteiger partial charge in [0.2, 0.25) is 24.1 Å². The van der Waals surface area contributed by atoms with E-state index >= 15 is 0 Å². The molecule has 48 heavy (non-hydrogen) atoms. The van der Waals surface area contributed by atoms with Crippen LogP contribution in [0.3, 0.4) is 0 Å². The zero-order valence-corrected chi connectivity index (χ0v) is 28.9. The second-order valence-corrected chi connectivity index (χ2v) is 14.0. The van der Waals surface area contributed by atoms with Crippen LogP contribution >= 0.6 is 11.6 Å². The molecule has 1 aromatic carbocycles. The molecule has 2 aliphatic rings. The van der Waals surface area contributed by atoms with Gasteiger partial charge in [0, 0.05) is 24.5 Å². The zero-order valence-electron chi connectivity index (χ0n) is 28.1. The van der Waals surface area contributed by atoms with E-state index in [-0.39, 0.29) is 54.5 Å². The van der Waals surface area contributed by atoms with Crippen molar-refractivity contribution in [2.24, 2.45) is 23.7 Å². The molecule has 268 valence electrons. The van der Waals surface area contributed by atoms with Gasteiger partial charge in [0.25, 0.3) is 0 Å². The maximum absolute atomic E-state index is 14.0. The molecule has 0 radical (unpaired) electrons. The average Bonchev–Trinajstić information content (AvgIpc) is 3.48. The lowest BCUT2D eigenvalue weighted by Gasteiger charge is -2.31. The lowest BCUT2D eigenvalue weighted by atomic mass is 9.79. The molecule has 1 saturated carbocycles. The second-order valence-electron chi connectivity index (χ2n) is 13.6. The highest BCUT2D eigenvalue weighted by Gasteiger charge is 2.45. The molecular weight excluding hydrogens is 650 g/mol. The summed E-state index contributed by atoms with van der Waals surface area (Å²) in [5.41, 5.74) is 0.547. The fraction of sp³-hybridized carbons (Fsp3) is 0.676. The predicted molar refractivity (Wildman–Crippen MR) is 176 cm³/mol. The Bertz CT molecular complexity index is 1290. The summed E-state index contributed by atoms with van der Waals surface area (Å²) in [6.45, 7) is 7.75. The van der Waals surface area contributed by atoms with Crippen molar-refractivity contribution in [1.29, 1.82) is 0 Å². The molecule has 0 spiro atoms. The Morgan fingerprint density at radius 1 is 1.02 bits per heavy atom. The maximum atomic E-state index is 14.0. The van der Waals surface area contributed by atoms with Crippen LogP contribution in [0.2, 0.25) is 5.02 Å². The van der Waals surface area contributed by atoms with E-state index in [1.807, 2.05) is 13.8 Å². The van der Waals surface area contributed by atoms with Gasteiger partial charge < -0.3 is 30.7 Å². The quantitative estimate of drug-likeness (QED) is 0.200. The van der Waals surface area contributed by atoms with Crippen molar-refractivity contribution in [2.75, 3.05) is 19.7 Å². The van der Waals surface area contributed by atoms with E-state index in [9.17, 15) is 32.8 Å². The number of nitrogens with zero attached hydrogens (tertiary/aromatic N) is 1. The van der Waals surface area contributed by atoms with Gasteiger partial charge >= 0.3 is 12.1 Å². The van der Waals surface area contributed by atoms with Gasteiger partial charge in [0.15, 0.2) is 0 Å². The third-order valence-electron chi connectivity index (χ3n) is 9.03. The van der Waals surface area contributed by atoms with Gasteiger partial charge in [-0.3, -0.25) is 14.4 Å². The molecule has 1 aromatic rings. The van der Waals surface area contributed by atoms with Crippen molar-refractivity contribution in [3.63, 3.8) is 0 Å². The highest BCUT2D eigenvalue weighted by molar-refractivity contribution is 6.31. The minimum atomic E-state index is -2.90. The number of hydrogen-bond donors (Lipinski definition) is 4. The number of alkyl halides is 2. The van der Waals surface area contributed by atoms with Crippen LogP contribution in [0.15, 0.2) is 18.2 Å². The van der Waals surface area contributed by atoms with Crippen molar-refractivity contribution in [1.82, 2.24) is 20.9 Å². The molecule has 3 rings (SSSR count). The summed E-state index contributed by atoms with van der Waals surface area (Å²) in [5.74, 6) is -3.09. The number of hydrogen-bond acceptors (Lipinski definition) is 6. The summed E-state index contributed by atoms with van der Waals surface area (Å²) in [4.78, 5) is 66.0. The molecule has 4 N–H and O–H groups in total. The van der Waals surface area contributed by atoms with Gasteiger partial charge in [-0.15, -0.1) is 0 Å². The number of carboxylic acid groups (broad SMARTS) is 1. The van der Waals surface area contributed by atoms with Crippen LogP contribution in [-0.2, 0) is 25.5 Å². The first-order chi connectivity index (χ1) is 22.7. The molecule has 11 nitrogen and oxygen atoms in total. The summed E-state index contributed by atoms with van der Waals surface area (Å²) < 4.78 is 32.5. The standard InChI is InChI=1S/C34H49ClF2N4O7/c1-19(2)18-48-34(47)40-29(20(3)4)32(44)41-17-24(21-8-6-5-7-9-21)15-27(41)31(43)39-26(16-28(36)37)30(42)38-13-12-22-10-11-23(33(45)46)14-25(22)35/h10-11,14,19-21,24,26-29H,5-9,12-13,15-18H2,1-4H3,(H,38,42)(H,39,43)(H,40,47)(H,45,46)/t24-,26+,27+,29+/m1/s1. The number of alkyl carbamates (subject to hydrolysis) is 1. The SMILES string of the molecule is CC(C)COC(=O)N[C@H](C(=O)N1C[C@H](C2CCCCC2)C[C@H]1C(=O)N[C@@H](CC(F)F)C(=O)NCCc1ccc(C(=O)O)cc1Cl)C(C)C. The van der Waals surface area contributed by atoms with Gasteiger partial charge in [-0.25, -0.2) is 18.4 Å². The predicted octanol–water partition coefficient (Wildman–Crippen LogP) is 5.04. The highest BCUT2D eigenvalue weighted by Crippen LogP contribution is 2.38. The molecule has 0 unspecified atom stereocenters. The molecule has 1 heterocycles. The number of aromatic carboxylic acids is 1. The van der Waals surface area contributed by atoms with E-state index in [4.69, 9.17) is 21.4 Å². The van der Waals surface area contributed by atoms with Crippen LogP contribution < -0.4 is 16.0 Å². The number of ether oxygens (including phenoxy) is 1. The van der Waals surface area contributed by atoms with Gasteiger partial charge in [-0.1, -0.05) is 77.5 Å². The van der Waals surface area contributed by atoms with Gasteiger partial charge in [0.1, 0.15) is 18.1 Å². The number of likely N-dealkylation sites (tertiary alicyclic amines) is 1. The molecular formula is C34H49ClF2N4O7. The third kappa shape index (κ3) is 11.3. The minimum Gasteiger partial charge on any atom is -0.478 e. The van der Waals surface area contributed by atoms with E-state index in [0.29, 0.717) is 17.9 Å². The molecule has 1 saturated heterocycles. The first-order valence-electron chi connectivity index (χ1n) is 16.8. The van der Waals surface area contributed by atoms with Crippen molar-refractivity contribution in [3.05, 3.63) is 34.3 Å². The summed E-state index contributed by atoms with van der Waals surface area (Å²) >= 11 is 6.17. The van der Waals surface area contributed by atoms with E-state index in [2.05, 4.69) is 16.0 Å². The molecule has 4 amide bonds. The monoisotopic (exact) mass is 698 g/mol. The second kappa shape index (κ2) is 18.3. The van der Waals surface area contributed by atoms with Gasteiger partial charge in [-0.05, 0) is 54.2 Å². The van der Waals surface area contributed by atoms with E-state index < -0.39 is 60.8 Å². The number of carbonyl (C=O) groups excluding carboxylic acids is 4. The molecule has 1 aliphatic carbocycles. The number of rotatable bonds is 15. The van der Waals surface area contributed by atoms with E-state index in [1.54, 1.807) is 13.8 Å². The average molecular weight is 699 g/mol. The maximum Gasteiger partial charge on any atom is 0.407 e. The summed E-state index contributed by atoms with van der Waals surface area (Å²) in [7, 11) is 0. The fourth-order valence-electron chi connectivity index (χ4n) is 6.42.